The van der Waals surface area contributed by atoms with Crippen molar-refractivity contribution in [2.45, 2.75) is 110 Å². The molecule has 0 aliphatic carbocycles. The topological polar surface area (TPSA) is 189 Å². The van der Waals surface area contributed by atoms with Crippen molar-refractivity contribution >= 4 is 52.4 Å². The number of halogens is 3. The highest BCUT2D eigenvalue weighted by Crippen LogP contribution is 2.40. The van der Waals surface area contributed by atoms with Crippen molar-refractivity contribution in [2.75, 3.05) is 42.6 Å². The Morgan fingerprint density at radius 3 is 2.23 bits per heavy atom. The number of carbonyl (C=O) groups excluding carboxylic acids is 5. The lowest BCUT2D eigenvalue weighted by molar-refractivity contribution is -0.142. The van der Waals surface area contributed by atoms with Crippen molar-refractivity contribution < 1.29 is 47.0 Å². The lowest BCUT2D eigenvalue weighted by Gasteiger charge is -2.35. The number of thiazole rings is 1. The van der Waals surface area contributed by atoms with Crippen molar-refractivity contribution in [3.05, 3.63) is 130 Å². The van der Waals surface area contributed by atoms with E-state index in [1.807, 2.05) is 64.1 Å². The van der Waals surface area contributed by atoms with Gasteiger partial charge in [0, 0.05) is 37.3 Å². The third-order valence-corrected chi connectivity index (χ3v) is 15.2. The van der Waals surface area contributed by atoms with Crippen LogP contribution in [0.15, 0.2) is 96.5 Å². The second kappa shape index (κ2) is 22.0. The van der Waals surface area contributed by atoms with Crippen molar-refractivity contribution in [1.82, 2.24) is 25.4 Å². The Labute approximate surface area is 438 Å². The highest BCUT2D eigenvalue weighted by atomic mass is 32.1. The molecule has 0 spiro atoms. The van der Waals surface area contributed by atoms with E-state index in [4.69, 9.17) is 4.74 Å². The number of benzene rings is 4. The average molecular weight is 1050 g/mol. The van der Waals surface area contributed by atoms with E-state index < -0.39 is 70.2 Å². The first-order valence-corrected chi connectivity index (χ1v) is 25.8. The van der Waals surface area contributed by atoms with Gasteiger partial charge in [-0.1, -0.05) is 57.2 Å². The van der Waals surface area contributed by atoms with E-state index >= 15 is 0 Å². The van der Waals surface area contributed by atoms with Gasteiger partial charge < -0.3 is 30.3 Å². The van der Waals surface area contributed by atoms with Crippen LogP contribution in [-0.2, 0) is 27.1 Å². The molecule has 15 nitrogen and oxygen atoms in total. The normalized spacial score (nSPS) is 18.8. The molecule has 0 radical (unpaired) electrons. The van der Waals surface area contributed by atoms with E-state index in [-0.39, 0.29) is 31.1 Å². The third-order valence-electron chi connectivity index (χ3n) is 14.3. The number of imide groups is 1. The molecule has 3 aliphatic rings. The molecule has 4 heterocycles. The van der Waals surface area contributed by atoms with Crippen LogP contribution in [0.2, 0.25) is 0 Å². The number of nitriles is 1. The minimum Gasteiger partial charge on any atom is -0.494 e. The SMILES string of the molecule is Cc1ncsc1-c1ccc(CNC(=O)[C@@H]2C[C@@H](O)CN2C(=O)C(NC(=O)c2ccc(C3CCN(CCCOc4ccc(N5C(=O)N(c6ccc(C#N)c(C(F)(F)F)c6)C(=O)C5(C)C)cc4)CC3)cc2)C(C)(C)C)cc1. The second-order valence-corrected chi connectivity index (χ2v) is 21.8. The summed E-state index contributed by atoms with van der Waals surface area (Å²) in [5.41, 5.74) is 2.28. The number of alkyl halides is 3. The number of anilines is 2. The molecule has 3 N–H and O–H groups in total. The van der Waals surface area contributed by atoms with Crippen molar-refractivity contribution in [3.63, 3.8) is 0 Å². The highest BCUT2D eigenvalue weighted by molar-refractivity contribution is 7.13. The van der Waals surface area contributed by atoms with Gasteiger partial charge in [-0.2, -0.15) is 18.4 Å². The monoisotopic (exact) mass is 1050 g/mol. The number of likely N-dealkylation sites (tertiary alicyclic amines) is 2. The van der Waals surface area contributed by atoms with E-state index in [1.54, 1.807) is 53.2 Å². The molecule has 75 heavy (non-hydrogen) atoms. The number of β-amino-alcohol motifs (C(OH)–C–C–N with tert-alkyl or cyclic N) is 1. The van der Waals surface area contributed by atoms with Crippen LogP contribution < -0.4 is 25.2 Å². The molecule has 3 saturated heterocycles. The van der Waals surface area contributed by atoms with Gasteiger partial charge in [-0.3, -0.25) is 24.1 Å². The summed E-state index contributed by atoms with van der Waals surface area (Å²) < 4.78 is 47.2. The van der Waals surface area contributed by atoms with E-state index in [1.165, 1.54) is 29.7 Å². The Bertz CT molecular complexity index is 2960. The van der Waals surface area contributed by atoms with Crippen LogP contribution >= 0.6 is 11.3 Å². The first kappa shape index (κ1) is 54.1. The van der Waals surface area contributed by atoms with Crippen molar-refractivity contribution in [1.29, 1.82) is 5.26 Å². The molecule has 6 amide bonds. The van der Waals surface area contributed by atoms with E-state index in [2.05, 4.69) is 20.5 Å². The predicted molar refractivity (Wildman–Crippen MR) is 278 cm³/mol. The van der Waals surface area contributed by atoms with Crippen molar-refractivity contribution in [3.8, 4) is 22.3 Å². The Morgan fingerprint density at radius 1 is 0.947 bits per heavy atom. The minimum absolute atomic E-state index is 0.0245. The largest absolute Gasteiger partial charge is 0.494 e. The van der Waals surface area contributed by atoms with Gasteiger partial charge >= 0.3 is 12.2 Å². The number of amides is 6. The average Bonchev–Trinajstić information content (AvgIpc) is 4.05. The number of aryl methyl sites for hydroxylation is 1. The molecule has 3 fully saturated rings. The summed E-state index contributed by atoms with van der Waals surface area (Å²) in [6.07, 6.45) is -3.08. The predicted octanol–water partition coefficient (Wildman–Crippen LogP) is 8.83. The maximum Gasteiger partial charge on any atom is 0.417 e. The molecular formula is C56H61F3N8O7S. The number of urea groups is 1. The Hall–Kier alpha value is -7.14. The molecule has 3 aliphatic heterocycles. The van der Waals surface area contributed by atoms with E-state index in [0.717, 1.165) is 78.3 Å². The van der Waals surface area contributed by atoms with Gasteiger partial charge in [-0.15, -0.1) is 11.3 Å². The molecule has 0 bridgehead atoms. The molecule has 19 heteroatoms. The second-order valence-electron chi connectivity index (χ2n) is 20.9. The number of aliphatic hydroxyl groups excluding tert-OH is 1. The first-order chi connectivity index (χ1) is 35.5. The van der Waals surface area contributed by atoms with Crippen molar-refractivity contribution in [2.24, 2.45) is 5.41 Å². The molecule has 3 atom stereocenters. The Balaban J connectivity index is 0.785. The summed E-state index contributed by atoms with van der Waals surface area (Å²) in [4.78, 5) is 79.8. The van der Waals surface area contributed by atoms with Gasteiger partial charge in [0.2, 0.25) is 11.8 Å². The van der Waals surface area contributed by atoms with Gasteiger partial charge in [-0.25, -0.2) is 14.7 Å². The molecule has 4 aromatic carbocycles. The maximum absolute atomic E-state index is 14.2. The lowest BCUT2D eigenvalue weighted by atomic mass is 9.85. The number of carbonyl (C=O) groups is 5. The summed E-state index contributed by atoms with van der Waals surface area (Å²) in [5.74, 6) is -1.10. The van der Waals surface area contributed by atoms with Crippen LogP contribution in [0.1, 0.15) is 105 Å². The lowest BCUT2D eigenvalue weighted by Crippen LogP contribution is -2.57. The van der Waals surface area contributed by atoms with Gasteiger partial charge in [0.25, 0.3) is 11.8 Å². The Morgan fingerprint density at radius 2 is 1.61 bits per heavy atom. The summed E-state index contributed by atoms with van der Waals surface area (Å²) in [7, 11) is 0. The maximum atomic E-state index is 14.2. The summed E-state index contributed by atoms with van der Waals surface area (Å²) >= 11 is 1.56. The number of hydrogen-bond donors (Lipinski definition) is 3. The number of piperidine rings is 1. The molecule has 8 rings (SSSR count). The van der Waals surface area contributed by atoms with Gasteiger partial charge in [0.15, 0.2) is 0 Å². The zero-order valence-corrected chi connectivity index (χ0v) is 43.6. The number of ether oxygens (including phenoxy) is 1. The highest BCUT2D eigenvalue weighted by Gasteiger charge is 2.53. The van der Waals surface area contributed by atoms with Crippen LogP contribution in [0, 0.1) is 23.7 Å². The van der Waals surface area contributed by atoms with E-state index in [0.29, 0.717) is 40.5 Å². The van der Waals surface area contributed by atoms with Crippen LogP contribution in [0.4, 0.5) is 29.3 Å². The quantitative estimate of drug-likeness (QED) is 0.0675. The zero-order chi connectivity index (χ0) is 54.0. The Kier molecular flexibility index (Phi) is 15.9. The first-order valence-electron chi connectivity index (χ1n) is 25.0. The standard InChI is InChI=1S/C56H61F3N8O7S/c1-34-47(75-33-62-34)38-10-8-35(9-11-38)31-61-50(70)46-29-43(68)32-65(46)51(71)48(54(2,3)4)63-49(69)39-14-12-36(13-15-39)37-22-25-64(26-23-37)24-7-27-74-44-20-18-41(19-21-44)67-53(73)66(52(72)55(67,5)6)42-17-16-40(30-60)45(28-42)56(57,58)59/h8-21,28,33,37,43,46,48,68H,7,22-27,29,31-32H2,1-6H3,(H,61,70)(H,63,69)/t43-,46+,48?/m1/s1. The van der Waals surface area contributed by atoms with Gasteiger partial charge in [0.1, 0.15) is 23.4 Å². The number of aromatic nitrogens is 1. The molecule has 5 aromatic rings. The number of hydrogen-bond acceptors (Lipinski definition) is 11. The summed E-state index contributed by atoms with van der Waals surface area (Å²) in [6, 6.07) is 23.5. The zero-order valence-electron chi connectivity index (χ0n) is 42.7. The van der Waals surface area contributed by atoms with Crippen LogP contribution in [0.5, 0.6) is 5.75 Å². The third kappa shape index (κ3) is 11.9. The minimum atomic E-state index is -4.87. The fraction of sp³-hybridized carbons (Fsp3) is 0.411. The fourth-order valence-corrected chi connectivity index (χ4v) is 10.8. The summed E-state index contributed by atoms with van der Waals surface area (Å²) in [6.45, 7) is 13.7. The van der Waals surface area contributed by atoms with E-state index in [9.17, 15) is 47.5 Å². The number of nitrogens with one attached hydrogen (secondary N) is 2. The smallest absolute Gasteiger partial charge is 0.417 e. The van der Waals surface area contributed by atoms with Gasteiger partial charge in [0.05, 0.1) is 51.7 Å². The van der Waals surface area contributed by atoms with Crippen LogP contribution in [0.3, 0.4) is 0 Å². The van der Waals surface area contributed by atoms with Crippen LogP contribution in [0.25, 0.3) is 10.4 Å². The number of nitrogens with zero attached hydrogens (tertiary/aromatic N) is 6. The summed E-state index contributed by atoms with van der Waals surface area (Å²) in [5, 5.41) is 25.8. The number of aliphatic hydroxyl groups is 1. The van der Waals surface area contributed by atoms with Gasteiger partial charge in [-0.05, 0) is 136 Å². The molecular weight excluding hydrogens is 986 g/mol. The molecule has 394 valence electrons. The van der Waals surface area contributed by atoms with Crippen LogP contribution in [-0.4, -0.2) is 106 Å². The number of rotatable bonds is 15. The molecule has 0 saturated carbocycles. The fourth-order valence-electron chi connectivity index (χ4n) is 10.0. The molecule has 1 aromatic heterocycles. The molecule has 1 unspecified atom stereocenters.